The van der Waals surface area contributed by atoms with E-state index in [-0.39, 0.29) is 11.1 Å². The van der Waals surface area contributed by atoms with Crippen LogP contribution >= 0.6 is 23.2 Å². The first-order chi connectivity index (χ1) is 14.6. The number of H-pyrrole nitrogens is 1. The van der Waals surface area contributed by atoms with Gasteiger partial charge in [0.25, 0.3) is 0 Å². The normalized spacial score (nSPS) is 15.8. The molecule has 1 aliphatic rings. The molecule has 0 spiro atoms. The number of halogens is 3. The summed E-state index contributed by atoms with van der Waals surface area (Å²) in [6.07, 6.45) is 3.72. The van der Waals surface area contributed by atoms with E-state index in [9.17, 15) is 4.39 Å². The highest BCUT2D eigenvalue weighted by atomic mass is 35.5. The maximum Gasteiger partial charge on any atom is 0.226 e. The van der Waals surface area contributed by atoms with E-state index in [1.54, 1.807) is 36.7 Å². The van der Waals surface area contributed by atoms with E-state index in [4.69, 9.17) is 29.8 Å². The van der Waals surface area contributed by atoms with Gasteiger partial charge < -0.3 is 9.88 Å². The van der Waals surface area contributed by atoms with Crippen molar-refractivity contribution < 1.29 is 4.39 Å². The first-order valence-corrected chi connectivity index (χ1v) is 10.0. The third-order valence-corrected chi connectivity index (χ3v) is 5.87. The fraction of sp³-hybridized carbons (Fsp3) is 0.136. The molecule has 5 rings (SSSR count). The lowest BCUT2D eigenvalue weighted by molar-refractivity contribution is 0.619. The van der Waals surface area contributed by atoms with E-state index < -0.39 is 5.82 Å². The van der Waals surface area contributed by atoms with Crippen molar-refractivity contribution in [2.24, 2.45) is 0 Å². The van der Waals surface area contributed by atoms with Crippen LogP contribution in [0, 0.1) is 12.4 Å². The molecular formula is C22H14Cl2FN5. The Kier molecular flexibility index (Phi) is 4.58. The molecule has 2 aromatic carbocycles. The molecule has 148 valence electrons. The van der Waals surface area contributed by atoms with Gasteiger partial charge in [-0.25, -0.2) is 19.2 Å². The molecule has 0 fully saturated rings. The van der Waals surface area contributed by atoms with Crippen LogP contribution in [-0.4, -0.2) is 21.5 Å². The van der Waals surface area contributed by atoms with Crippen LogP contribution in [0.3, 0.4) is 0 Å². The van der Waals surface area contributed by atoms with Gasteiger partial charge in [0.2, 0.25) is 5.95 Å². The Bertz CT molecular complexity index is 1290. The maximum atomic E-state index is 14.9. The Morgan fingerprint density at radius 2 is 1.83 bits per heavy atom. The van der Waals surface area contributed by atoms with Gasteiger partial charge in [0.05, 0.1) is 35.1 Å². The highest BCUT2D eigenvalue weighted by Gasteiger charge is 2.34. The van der Waals surface area contributed by atoms with Gasteiger partial charge in [-0.2, -0.15) is 0 Å². The van der Waals surface area contributed by atoms with E-state index >= 15 is 0 Å². The highest BCUT2D eigenvalue weighted by molar-refractivity contribution is 6.31. The molecule has 2 aromatic heterocycles. The quantitative estimate of drug-likeness (QED) is 0.385. The molecular weight excluding hydrogens is 424 g/mol. The van der Waals surface area contributed by atoms with Crippen molar-refractivity contribution in [1.29, 1.82) is 0 Å². The standard InChI is InChI=1S/C22H14Cl2FN5/c1-26-14-4-2-12(3-5-14)21-20-15(18-17(29-20)7-6-16(24)19(18)25)8-9-30(21)22-27-10-13(23)11-28-22/h2-7,10-11,21,29H,8-9H2. The Labute approximate surface area is 181 Å². The Hall–Kier alpha value is -3.14. The minimum absolute atomic E-state index is 0.103. The molecule has 0 amide bonds. The van der Waals surface area contributed by atoms with Gasteiger partial charge >= 0.3 is 0 Å². The van der Waals surface area contributed by atoms with Gasteiger partial charge in [-0.05, 0) is 29.7 Å². The van der Waals surface area contributed by atoms with E-state index in [0.717, 1.165) is 16.8 Å². The largest absolute Gasteiger partial charge is 0.356 e. The molecule has 1 aliphatic heterocycles. The molecule has 3 heterocycles. The second-order valence-electron chi connectivity index (χ2n) is 7.05. The second kappa shape index (κ2) is 7.28. The fourth-order valence-corrected chi connectivity index (χ4v) is 4.32. The molecule has 0 aliphatic carbocycles. The van der Waals surface area contributed by atoms with Crippen molar-refractivity contribution in [2.75, 3.05) is 11.4 Å². The lowest BCUT2D eigenvalue weighted by atomic mass is 9.92. The summed E-state index contributed by atoms with van der Waals surface area (Å²) < 4.78 is 14.9. The zero-order chi connectivity index (χ0) is 20.8. The zero-order valence-corrected chi connectivity index (χ0v) is 17.0. The number of fused-ring (bicyclic) bond motifs is 3. The van der Waals surface area contributed by atoms with E-state index in [2.05, 4.69) is 24.7 Å². The van der Waals surface area contributed by atoms with Crippen molar-refractivity contribution in [1.82, 2.24) is 15.0 Å². The van der Waals surface area contributed by atoms with Crippen LogP contribution in [-0.2, 0) is 6.42 Å². The van der Waals surface area contributed by atoms with Gasteiger partial charge in [-0.1, -0.05) is 47.5 Å². The number of hydrogen-bond acceptors (Lipinski definition) is 3. The van der Waals surface area contributed by atoms with Gasteiger partial charge in [-0.3, -0.25) is 0 Å². The summed E-state index contributed by atoms with van der Waals surface area (Å²) in [4.78, 5) is 17.7. The molecule has 0 radical (unpaired) electrons. The fourth-order valence-electron chi connectivity index (χ4n) is 4.06. The molecule has 4 aromatic rings. The minimum atomic E-state index is -0.412. The lowest BCUT2D eigenvalue weighted by Gasteiger charge is -2.36. The van der Waals surface area contributed by atoms with Crippen molar-refractivity contribution in [3.8, 4) is 0 Å². The summed E-state index contributed by atoms with van der Waals surface area (Å²) >= 11 is 12.0. The Morgan fingerprint density at radius 1 is 1.10 bits per heavy atom. The van der Waals surface area contributed by atoms with Crippen molar-refractivity contribution >= 4 is 45.7 Å². The van der Waals surface area contributed by atoms with Crippen molar-refractivity contribution in [3.63, 3.8) is 0 Å². The Morgan fingerprint density at radius 3 is 2.53 bits per heavy atom. The average Bonchev–Trinajstić information content (AvgIpc) is 3.15. The monoisotopic (exact) mass is 437 g/mol. The second-order valence-corrected chi connectivity index (χ2v) is 7.90. The van der Waals surface area contributed by atoms with Gasteiger partial charge in [-0.15, -0.1) is 0 Å². The average molecular weight is 438 g/mol. The smallest absolute Gasteiger partial charge is 0.226 e. The molecule has 0 bridgehead atoms. The predicted molar refractivity (Wildman–Crippen MR) is 116 cm³/mol. The van der Waals surface area contributed by atoms with Crippen LogP contribution < -0.4 is 4.90 Å². The van der Waals surface area contributed by atoms with Gasteiger partial charge in [0.1, 0.15) is 0 Å². The number of nitrogens with one attached hydrogen (secondary N) is 1. The molecule has 1 atom stereocenters. The summed E-state index contributed by atoms with van der Waals surface area (Å²) in [5.41, 5.74) is 3.96. The minimum Gasteiger partial charge on any atom is -0.356 e. The van der Waals surface area contributed by atoms with E-state index in [1.165, 1.54) is 0 Å². The lowest BCUT2D eigenvalue weighted by Crippen LogP contribution is -2.37. The number of nitrogens with zero attached hydrogens (tertiary/aromatic N) is 4. The third kappa shape index (κ3) is 2.98. The van der Waals surface area contributed by atoms with Crippen molar-refractivity contribution in [3.05, 3.63) is 92.9 Å². The molecule has 1 N–H and O–H groups in total. The van der Waals surface area contributed by atoms with Crippen LogP contribution in [0.15, 0.2) is 48.8 Å². The van der Waals surface area contributed by atoms with E-state index in [0.29, 0.717) is 40.5 Å². The number of rotatable bonds is 2. The predicted octanol–water partition coefficient (Wildman–Crippen LogP) is 6.11. The topological polar surface area (TPSA) is 49.2 Å². The van der Waals surface area contributed by atoms with Crippen LogP contribution in [0.25, 0.3) is 15.7 Å². The highest BCUT2D eigenvalue weighted by Crippen LogP contribution is 2.41. The first-order valence-electron chi connectivity index (χ1n) is 9.27. The van der Waals surface area contributed by atoms with Crippen LogP contribution in [0.1, 0.15) is 22.9 Å². The van der Waals surface area contributed by atoms with Gasteiger partial charge in [0, 0.05) is 23.1 Å². The summed E-state index contributed by atoms with van der Waals surface area (Å²) in [6, 6.07) is 10.4. The SMILES string of the molecule is [C-]#[N+]c1ccc(C2c3[nH]c4ccc(Cl)c(F)c4c3CCN2c2ncc(Cl)cn2)cc1. The van der Waals surface area contributed by atoms with Crippen LogP contribution in [0.2, 0.25) is 10.0 Å². The summed E-state index contributed by atoms with van der Waals surface area (Å²) in [5, 5.41) is 1.08. The molecule has 0 saturated carbocycles. The number of aromatic nitrogens is 3. The molecule has 8 heteroatoms. The van der Waals surface area contributed by atoms with Crippen molar-refractivity contribution in [2.45, 2.75) is 12.5 Å². The van der Waals surface area contributed by atoms with Crippen LogP contribution in [0.5, 0.6) is 0 Å². The van der Waals surface area contributed by atoms with E-state index in [1.807, 2.05) is 12.1 Å². The molecule has 1 unspecified atom stereocenters. The van der Waals surface area contributed by atoms with Crippen LogP contribution in [0.4, 0.5) is 16.0 Å². The number of anilines is 1. The number of hydrogen-bond donors (Lipinski definition) is 1. The zero-order valence-electron chi connectivity index (χ0n) is 15.5. The summed E-state index contributed by atoms with van der Waals surface area (Å²) in [6.45, 7) is 7.79. The summed E-state index contributed by atoms with van der Waals surface area (Å²) in [5.74, 6) is 0.117. The maximum absolute atomic E-state index is 14.9. The molecule has 0 saturated heterocycles. The number of benzene rings is 2. The first kappa shape index (κ1) is 18.9. The Balaban J connectivity index is 1.72. The molecule has 30 heavy (non-hydrogen) atoms. The third-order valence-electron chi connectivity index (χ3n) is 5.38. The van der Waals surface area contributed by atoms with Gasteiger partial charge in [0.15, 0.2) is 11.5 Å². The summed E-state index contributed by atoms with van der Waals surface area (Å²) in [7, 11) is 0. The number of aromatic amines is 1. The molecule has 5 nitrogen and oxygen atoms in total.